The first-order valence-corrected chi connectivity index (χ1v) is 4.55. The third-order valence-electron chi connectivity index (χ3n) is 1.89. The molecule has 0 spiro atoms. The molecule has 0 unspecified atom stereocenters. The lowest BCUT2D eigenvalue weighted by Gasteiger charge is -2.09. The first kappa shape index (κ1) is 13.2. The number of nitrogens with zero attached hydrogens (tertiary/aromatic N) is 1. The number of nitro groups is 1. The average molecular weight is 252 g/mol. The van der Waals surface area contributed by atoms with Crippen molar-refractivity contribution in [1.29, 1.82) is 0 Å². The van der Waals surface area contributed by atoms with Crippen LogP contribution in [-0.4, -0.2) is 17.6 Å². The number of anilines is 1. The number of alkyl halides is 3. The minimum atomic E-state index is -4.37. The van der Waals surface area contributed by atoms with Crippen LogP contribution in [-0.2, 0) is 0 Å². The van der Waals surface area contributed by atoms with Crippen molar-refractivity contribution in [3.8, 4) is 0 Å². The van der Waals surface area contributed by atoms with Crippen LogP contribution in [0.4, 0.5) is 28.9 Å². The van der Waals surface area contributed by atoms with Gasteiger partial charge in [-0.3, -0.25) is 10.1 Å². The molecule has 0 aliphatic carbocycles. The van der Waals surface area contributed by atoms with Gasteiger partial charge in [0.1, 0.15) is 5.69 Å². The number of benzene rings is 1. The minimum Gasteiger partial charge on any atom is -0.379 e. The average Bonchev–Trinajstić information content (AvgIpc) is 2.14. The summed E-state index contributed by atoms with van der Waals surface area (Å²) >= 11 is 0. The van der Waals surface area contributed by atoms with E-state index in [1.165, 1.54) is 6.07 Å². The molecule has 8 heteroatoms. The lowest BCUT2D eigenvalue weighted by atomic mass is 10.2. The Bertz CT molecular complexity index is 420. The van der Waals surface area contributed by atoms with Crippen LogP contribution in [0.3, 0.4) is 0 Å². The number of hydrogen-bond acceptors (Lipinski definition) is 3. The van der Waals surface area contributed by atoms with Gasteiger partial charge >= 0.3 is 11.9 Å². The van der Waals surface area contributed by atoms with Crippen LogP contribution in [0, 0.1) is 15.9 Å². The van der Waals surface area contributed by atoms with Crippen molar-refractivity contribution < 1.29 is 22.5 Å². The Morgan fingerprint density at radius 1 is 1.35 bits per heavy atom. The molecule has 0 atom stereocenters. The monoisotopic (exact) mass is 252 g/mol. The molecule has 4 nitrogen and oxygen atoms in total. The second-order valence-corrected chi connectivity index (χ2v) is 3.19. The number of rotatable bonds is 4. The summed E-state index contributed by atoms with van der Waals surface area (Å²) in [7, 11) is 0. The van der Waals surface area contributed by atoms with Crippen LogP contribution in [0.5, 0.6) is 0 Å². The highest BCUT2D eigenvalue weighted by Crippen LogP contribution is 2.28. The Balaban J connectivity index is 2.78. The van der Waals surface area contributed by atoms with E-state index in [0.717, 1.165) is 12.1 Å². The van der Waals surface area contributed by atoms with Crippen LogP contribution in [0.1, 0.15) is 6.42 Å². The van der Waals surface area contributed by atoms with Gasteiger partial charge in [0.25, 0.3) is 0 Å². The maximum absolute atomic E-state index is 13.1. The van der Waals surface area contributed by atoms with Crippen LogP contribution >= 0.6 is 0 Å². The fraction of sp³-hybridized carbons (Fsp3) is 0.333. The summed E-state index contributed by atoms with van der Waals surface area (Å²) in [5, 5.41) is 12.7. The van der Waals surface area contributed by atoms with E-state index in [4.69, 9.17) is 0 Å². The van der Waals surface area contributed by atoms with Gasteiger partial charge in [-0.05, 0) is 12.1 Å². The normalized spacial score (nSPS) is 11.3. The van der Waals surface area contributed by atoms with E-state index in [9.17, 15) is 27.7 Å². The minimum absolute atomic E-state index is 0.265. The Hall–Kier alpha value is -1.86. The summed E-state index contributed by atoms with van der Waals surface area (Å²) in [6, 6.07) is 3.20. The van der Waals surface area contributed by atoms with Crippen molar-refractivity contribution in [1.82, 2.24) is 0 Å². The lowest BCUT2D eigenvalue weighted by Crippen LogP contribution is -2.15. The van der Waals surface area contributed by atoms with E-state index in [1.54, 1.807) is 0 Å². The van der Waals surface area contributed by atoms with Gasteiger partial charge in [0.2, 0.25) is 5.82 Å². The van der Waals surface area contributed by atoms with Crippen molar-refractivity contribution in [2.45, 2.75) is 12.6 Å². The molecule has 0 saturated heterocycles. The predicted molar refractivity (Wildman–Crippen MR) is 52.2 cm³/mol. The first-order valence-electron chi connectivity index (χ1n) is 4.55. The SMILES string of the molecule is O=[N+]([O-])c1c(F)cccc1NCCC(F)(F)F. The highest BCUT2D eigenvalue weighted by molar-refractivity contribution is 5.61. The molecule has 0 aliphatic heterocycles. The van der Waals surface area contributed by atoms with Crippen molar-refractivity contribution in [3.05, 3.63) is 34.1 Å². The molecular weight excluding hydrogens is 244 g/mol. The van der Waals surface area contributed by atoms with E-state index >= 15 is 0 Å². The number of para-hydroxylation sites is 1. The quantitative estimate of drug-likeness (QED) is 0.509. The second kappa shape index (κ2) is 4.98. The molecule has 1 rings (SSSR count). The Morgan fingerprint density at radius 3 is 2.53 bits per heavy atom. The van der Waals surface area contributed by atoms with Gasteiger partial charge in [-0.25, -0.2) is 0 Å². The third kappa shape index (κ3) is 3.89. The largest absolute Gasteiger partial charge is 0.390 e. The smallest absolute Gasteiger partial charge is 0.379 e. The molecule has 0 saturated carbocycles. The second-order valence-electron chi connectivity index (χ2n) is 3.19. The van der Waals surface area contributed by atoms with E-state index in [1.807, 2.05) is 0 Å². The molecular formula is C9H8F4N2O2. The van der Waals surface area contributed by atoms with Crippen LogP contribution in [0.2, 0.25) is 0 Å². The van der Waals surface area contributed by atoms with Gasteiger partial charge in [-0.15, -0.1) is 0 Å². The van der Waals surface area contributed by atoms with E-state index < -0.39 is 35.6 Å². The van der Waals surface area contributed by atoms with Crippen molar-refractivity contribution in [2.75, 3.05) is 11.9 Å². The van der Waals surface area contributed by atoms with E-state index in [0.29, 0.717) is 0 Å². The molecule has 1 N–H and O–H groups in total. The molecule has 0 heterocycles. The van der Waals surface area contributed by atoms with Gasteiger partial charge < -0.3 is 5.32 Å². The van der Waals surface area contributed by atoms with Crippen molar-refractivity contribution in [3.63, 3.8) is 0 Å². The molecule has 0 aliphatic rings. The zero-order chi connectivity index (χ0) is 13.1. The number of nitro benzene ring substituents is 1. The molecule has 0 radical (unpaired) electrons. The van der Waals surface area contributed by atoms with Crippen LogP contribution in [0.25, 0.3) is 0 Å². The molecule has 0 fully saturated rings. The summed E-state index contributed by atoms with van der Waals surface area (Å²) in [6.45, 7) is -0.548. The Kier molecular flexibility index (Phi) is 3.87. The van der Waals surface area contributed by atoms with Gasteiger partial charge in [0.05, 0.1) is 11.3 Å². The molecule has 0 bridgehead atoms. The van der Waals surface area contributed by atoms with Gasteiger partial charge in [-0.1, -0.05) is 6.07 Å². The fourth-order valence-corrected chi connectivity index (χ4v) is 1.18. The van der Waals surface area contributed by atoms with Gasteiger partial charge in [0.15, 0.2) is 0 Å². The van der Waals surface area contributed by atoms with Crippen molar-refractivity contribution in [2.24, 2.45) is 0 Å². The van der Waals surface area contributed by atoms with Gasteiger partial charge in [0, 0.05) is 6.54 Å². The summed E-state index contributed by atoms with van der Waals surface area (Å²) in [4.78, 5) is 9.53. The molecule has 94 valence electrons. The van der Waals surface area contributed by atoms with E-state index in [2.05, 4.69) is 5.32 Å². The summed E-state index contributed by atoms with van der Waals surface area (Å²) in [5.74, 6) is -1.09. The number of hydrogen-bond donors (Lipinski definition) is 1. The summed E-state index contributed by atoms with van der Waals surface area (Å²) in [6.07, 6.45) is -5.52. The Morgan fingerprint density at radius 2 is 2.00 bits per heavy atom. The maximum Gasteiger partial charge on any atom is 0.390 e. The zero-order valence-corrected chi connectivity index (χ0v) is 8.42. The van der Waals surface area contributed by atoms with Crippen LogP contribution < -0.4 is 5.32 Å². The standard InChI is InChI=1S/C9H8F4N2O2/c10-6-2-1-3-7(8(6)15(16)17)14-5-4-9(11,12)13/h1-3,14H,4-5H2. The molecule has 0 aromatic heterocycles. The third-order valence-corrected chi connectivity index (χ3v) is 1.89. The van der Waals surface area contributed by atoms with Crippen LogP contribution in [0.15, 0.2) is 18.2 Å². The topological polar surface area (TPSA) is 55.2 Å². The maximum atomic E-state index is 13.1. The number of halogens is 4. The first-order chi connectivity index (χ1) is 7.81. The van der Waals surface area contributed by atoms with E-state index in [-0.39, 0.29) is 5.69 Å². The number of nitrogens with one attached hydrogen (secondary N) is 1. The van der Waals surface area contributed by atoms with Gasteiger partial charge in [-0.2, -0.15) is 17.6 Å². The highest BCUT2D eigenvalue weighted by Gasteiger charge is 2.27. The molecule has 17 heavy (non-hydrogen) atoms. The Labute approximate surface area is 93.4 Å². The fourth-order valence-electron chi connectivity index (χ4n) is 1.18. The molecule has 1 aromatic carbocycles. The summed E-state index contributed by atoms with van der Waals surface area (Å²) in [5.41, 5.74) is -1.12. The highest BCUT2D eigenvalue weighted by atomic mass is 19.4. The molecule has 0 amide bonds. The summed E-state index contributed by atoms with van der Waals surface area (Å²) < 4.78 is 48.6. The lowest BCUT2D eigenvalue weighted by molar-refractivity contribution is -0.386. The van der Waals surface area contributed by atoms with Crippen molar-refractivity contribution >= 4 is 11.4 Å². The molecule has 1 aromatic rings. The zero-order valence-electron chi connectivity index (χ0n) is 8.42. The predicted octanol–water partition coefficient (Wildman–Crippen LogP) is 3.10.